The molecule has 3 N–H and O–H groups in total. The van der Waals surface area contributed by atoms with Gasteiger partial charge in [0.2, 0.25) is 0 Å². The number of nitrogens with one attached hydrogen (secondary N) is 1. The fraction of sp³-hybridized carbons (Fsp3) is 0.500. The molecule has 0 bridgehead atoms. The van der Waals surface area contributed by atoms with Crippen molar-refractivity contribution in [1.29, 1.82) is 0 Å². The van der Waals surface area contributed by atoms with Crippen LogP contribution in [0.5, 0.6) is 5.75 Å². The second-order valence-corrected chi connectivity index (χ2v) is 4.29. The molecule has 0 spiro atoms. The van der Waals surface area contributed by atoms with Crippen LogP contribution in [0.25, 0.3) is 0 Å². The van der Waals surface area contributed by atoms with Crippen LogP contribution in [0.1, 0.15) is 24.5 Å². The molecule has 4 nitrogen and oxygen atoms in total. The molecule has 0 aliphatic rings. The number of hydrogen-bond acceptors (Lipinski definition) is 3. The summed E-state index contributed by atoms with van der Waals surface area (Å²) in [5.74, 6) is 0.661. The van der Waals surface area contributed by atoms with Gasteiger partial charge in [-0.05, 0) is 37.9 Å². The lowest BCUT2D eigenvalue weighted by Gasteiger charge is -2.11. The third-order valence-electron chi connectivity index (χ3n) is 2.56. The Kier molecular flexibility index (Phi) is 6.22. The van der Waals surface area contributed by atoms with Crippen molar-refractivity contribution in [2.24, 2.45) is 5.73 Å². The summed E-state index contributed by atoms with van der Waals surface area (Å²) >= 11 is 0. The minimum absolute atomic E-state index is 0.0562. The van der Waals surface area contributed by atoms with Crippen molar-refractivity contribution >= 4 is 5.91 Å². The summed E-state index contributed by atoms with van der Waals surface area (Å²) < 4.78 is 5.54. The van der Waals surface area contributed by atoms with Gasteiger partial charge in [0.05, 0.1) is 0 Å². The Hall–Kier alpha value is -1.55. The monoisotopic (exact) mass is 250 g/mol. The van der Waals surface area contributed by atoms with E-state index in [1.54, 1.807) is 0 Å². The minimum atomic E-state index is -0.0869. The quantitative estimate of drug-likeness (QED) is 0.769. The van der Waals surface area contributed by atoms with E-state index in [0.717, 1.165) is 24.2 Å². The number of hydrogen-bond donors (Lipinski definition) is 2. The molecule has 0 saturated heterocycles. The first-order valence-electron chi connectivity index (χ1n) is 6.36. The van der Waals surface area contributed by atoms with Crippen LogP contribution in [-0.4, -0.2) is 25.6 Å². The summed E-state index contributed by atoms with van der Waals surface area (Å²) in [5.41, 5.74) is 7.79. The summed E-state index contributed by atoms with van der Waals surface area (Å²) in [6.45, 7) is 5.35. The summed E-state index contributed by atoms with van der Waals surface area (Å²) in [4.78, 5) is 11.5. The van der Waals surface area contributed by atoms with Crippen LogP contribution >= 0.6 is 0 Å². The van der Waals surface area contributed by atoms with E-state index in [2.05, 4.69) is 5.32 Å². The molecule has 1 amide bonds. The molecule has 18 heavy (non-hydrogen) atoms. The number of rotatable bonds is 7. The third-order valence-corrected chi connectivity index (χ3v) is 2.56. The van der Waals surface area contributed by atoms with Crippen LogP contribution in [0.15, 0.2) is 18.2 Å². The lowest BCUT2D eigenvalue weighted by atomic mass is 10.1. The Morgan fingerprint density at radius 1 is 1.44 bits per heavy atom. The first-order chi connectivity index (χ1) is 8.67. The van der Waals surface area contributed by atoms with E-state index in [0.29, 0.717) is 13.1 Å². The fourth-order valence-electron chi connectivity index (χ4n) is 1.66. The Balaban J connectivity index is 2.58. The molecule has 0 aliphatic heterocycles. The van der Waals surface area contributed by atoms with Crippen LogP contribution in [0.3, 0.4) is 0 Å². The first kappa shape index (κ1) is 14.5. The van der Waals surface area contributed by atoms with Gasteiger partial charge in [0.15, 0.2) is 6.61 Å². The maximum absolute atomic E-state index is 11.5. The molecule has 4 heteroatoms. The molecule has 100 valence electrons. The number of nitrogens with two attached hydrogens (primary N) is 1. The molecule has 1 aromatic rings. The zero-order valence-corrected chi connectivity index (χ0v) is 11.2. The van der Waals surface area contributed by atoms with Crippen molar-refractivity contribution in [1.82, 2.24) is 5.32 Å². The van der Waals surface area contributed by atoms with Gasteiger partial charge in [-0.2, -0.15) is 0 Å². The molecule has 0 aliphatic carbocycles. The topological polar surface area (TPSA) is 64.3 Å². The Labute approximate surface area is 109 Å². The molecule has 0 heterocycles. The highest BCUT2D eigenvalue weighted by Gasteiger charge is 2.06. The summed E-state index contributed by atoms with van der Waals surface area (Å²) in [6, 6.07) is 5.92. The van der Waals surface area contributed by atoms with Crippen molar-refractivity contribution in [2.45, 2.75) is 26.7 Å². The largest absolute Gasteiger partial charge is 0.483 e. The number of carbonyl (C=O) groups is 1. The van der Waals surface area contributed by atoms with Crippen LogP contribution < -0.4 is 15.8 Å². The van der Waals surface area contributed by atoms with Gasteiger partial charge in [-0.25, -0.2) is 0 Å². The molecule has 0 aromatic heterocycles. The minimum Gasteiger partial charge on any atom is -0.483 e. The van der Waals surface area contributed by atoms with E-state index in [-0.39, 0.29) is 12.5 Å². The Bertz CT molecular complexity index is 391. The van der Waals surface area contributed by atoms with Crippen molar-refractivity contribution in [2.75, 3.05) is 19.7 Å². The standard InChI is InChI=1S/C14H22N2O2/c1-3-8-16-14(17)10-18-13-5-4-11(2)9-12(13)6-7-15/h4-5,9H,3,6-8,10,15H2,1-2H3,(H,16,17). The van der Waals surface area contributed by atoms with Gasteiger partial charge in [-0.1, -0.05) is 24.6 Å². The lowest BCUT2D eigenvalue weighted by Crippen LogP contribution is -2.29. The number of amides is 1. The highest BCUT2D eigenvalue weighted by molar-refractivity contribution is 5.77. The fourth-order valence-corrected chi connectivity index (χ4v) is 1.66. The van der Waals surface area contributed by atoms with E-state index < -0.39 is 0 Å². The Morgan fingerprint density at radius 2 is 2.22 bits per heavy atom. The van der Waals surface area contributed by atoms with Gasteiger partial charge in [0.1, 0.15) is 5.75 Å². The van der Waals surface area contributed by atoms with Crippen molar-refractivity contribution in [3.8, 4) is 5.75 Å². The third kappa shape index (κ3) is 4.75. The predicted octanol–water partition coefficient (Wildman–Crippen LogP) is 1.40. The summed E-state index contributed by atoms with van der Waals surface area (Å²) in [7, 11) is 0. The molecule has 0 saturated carbocycles. The number of aryl methyl sites for hydroxylation is 1. The SMILES string of the molecule is CCCNC(=O)COc1ccc(C)cc1CCN. The van der Waals surface area contributed by atoms with Crippen molar-refractivity contribution < 1.29 is 9.53 Å². The molecule has 1 aromatic carbocycles. The summed E-state index contributed by atoms with van der Waals surface area (Å²) in [6.07, 6.45) is 1.68. The molecule has 0 fully saturated rings. The van der Waals surface area contributed by atoms with Gasteiger partial charge in [-0.3, -0.25) is 4.79 Å². The van der Waals surface area contributed by atoms with E-state index in [4.69, 9.17) is 10.5 Å². The molecule has 1 rings (SSSR count). The second kappa shape index (κ2) is 7.71. The van der Waals surface area contributed by atoms with Crippen LogP contribution in [-0.2, 0) is 11.2 Å². The second-order valence-electron chi connectivity index (χ2n) is 4.29. The molecule has 0 atom stereocenters. The van der Waals surface area contributed by atoms with Crippen LogP contribution in [0.4, 0.5) is 0 Å². The van der Waals surface area contributed by atoms with Crippen LogP contribution in [0.2, 0.25) is 0 Å². The molecular weight excluding hydrogens is 228 g/mol. The normalized spacial score (nSPS) is 10.2. The van der Waals surface area contributed by atoms with E-state index in [1.165, 1.54) is 5.56 Å². The predicted molar refractivity (Wildman–Crippen MR) is 72.7 cm³/mol. The van der Waals surface area contributed by atoms with E-state index in [9.17, 15) is 4.79 Å². The average Bonchev–Trinajstić information content (AvgIpc) is 2.36. The zero-order chi connectivity index (χ0) is 13.4. The smallest absolute Gasteiger partial charge is 0.257 e. The van der Waals surface area contributed by atoms with Crippen molar-refractivity contribution in [3.63, 3.8) is 0 Å². The Morgan fingerprint density at radius 3 is 2.89 bits per heavy atom. The highest BCUT2D eigenvalue weighted by atomic mass is 16.5. The van der Waals surface area contributed by atoms with Gasteiger partial charge < -0.3 is 15.8 Å². The van der Waals surface area contributed by atoms with Gasteiger partial charge in [0, 0.05) is 6.54 Å². The van der Waals surface area contributed by atoms with Crippen molar-refractivity contribution in [3.05, 3.63) is 29.3 Å². The maximum atomic E-state index is 11.5. The zero-order valence-electron chi connectivity index (χ0n) is 11.2. The maximum Gasteiger partial charge on any atom is 0.257 e. The van der Waals surface area contributed by atoms with Gasteiger partial charge >= 0.3 is 0 Å². The molecular formula is C14H22N2O2. The summed E-state index contributed by atoms with van der Waals surface area (Å²) in [5, 5.41) is 2.78. The molecule has 0 unspecified atom stereocenters. The number of carbonyl (C=O) groups excluding carboxylic acids is 1. The first-order valence-corrected chi connectivity index (χ1v) is 6.36. The van der Waals surface area contributed by atoms with Crippen LogP contribution in [0, 0.1) is 6.92 Å². The van der Waals surface area contributed by atoms with Gasteiger partial charge in [0.25, 0.3) is 5.91 Å². The number of benzene rings is 1. The molecule has 0 radical (unpaired) electrons. The highest BCUT2D eigenvalue weighted by Crippen LogP contribution is 2.20. The van der Waals surface area contributed by atoms with E-state index >= 15 is 0 Å². The average molecular weight is 250 g/mol. The van der Waals surface area contributed by atoms with E-state index in [1.807, 2.05) is 32.0 Å². The lowest BCUT2D eigenvalue weighted by molar-refractivity contribution is -0.123. The number of ether oxygens (including phenoxy) is 1. The van der Waals surface area contributed by atoms with Gasteiger partial charge in [-0.15, -0.1) is 0 Å².